The van der Waals surface area contributed by atoms with Crippen molar-refractivity contribution >= 4 is 11.8 Å². The summed E-state index contributed by atoms with van der Waals surface area (Å²) >= 11 is 0. The van der Waals surface area contributed by atoms with Crippen LogP contribution in [-0.2, 0) is 9.59 Å². The number of carbonyl (C=O) groups excluding carboxylic acids is 2. The van der Waals surface area contributed by atoms with Gasteiger partial charge in [0.15, 0.2) is 0 Å². The Morgan fingerprint density at radius 3 is 2.44 bits per heavy atom. The number of carbonyl (C=O) groups is 2. The zero-order valence-corrected chi connectivity index (χ0v) is 16.0. The van der Waals surface area contributed by atoms with E-state index in [2.05, 4.69) is 19.2 Å². The Balaban J connectivity index is 1.55. The van der Waals surface area contributed by atoms with Gasteiger partial charge in [0.1, 0.15) is 6.04 Å². The summed E-state index contributed by atoms with van der Waals surface area (Å²) in [4.78, 5) is 29.4. The normalized spacial score (nSPS) is 24.0. The molecule has 2 saturated heterocycles. The van der Waals surface area contributed by atoms with Crippen LogP contribution in [0.3, 0.4) is 0 Å². The second-order valence-electron chi connectivity index (χ2n) is 8.64. The quantitative estimate of drug-likeness (QED) is 0.768. The molecule has 142 valence electrons. The minimum Gasteiger partial charge on any atom is -0.341 e. The molecule has 1 unspecified atom stereocenters. The van der Waals surface area contributed by atoms with E-state index in [0.717, 1.165) is 64.2 Å². The van der Waals surface area contributed by atoms with Gasteiger partial charge in [-0.25, -0.2) is 0 Å². The van der Waals surface area contributed by atoms with Crippen molar-refractivity contribution in [2.45, 2.75) is 77.3 Å². The molecule has 1 N–H and O–H groups in total. The number of nitrogens with one attached hydrogen (secondary N) is 1. The lowest BCUT2D eigenvalue weighted by molar-refractivity contribution is -0.148. The number of hydrogen-bond donors (Lipinski definition) is 1. The maximum absolute atomic E-state index is 13.2. The summed E-state index contributed by atoms with van der Waals surface area (Å²) in [5, 5.41) is 3.67. The molecule has 1 atom stereocenters. The Morgan fingerprint density at radius 2 is 1.84 bits per heavy atom. The topological polar surface area (TPSA) is 52.7 Å². The SMILES string of the molecule is CC(C)CC(C(=O)N1CCC(NCC2CC2)CC1)N1CCCCC1=O. The number of amides is 2. The number of piperidine rings is 2. The molecule has 0 radical (unpaired) electrons. The molecule has 5 heteroatoms. The van der Waals surface area contributed by atoms with Crippen LogP contribution in [0.15, 0.2) is 0 Å². The van der Waals surface area contributed by atoms with Crippen molar-refractivity contribution in [2.75, 3.05) is 26.2 Å². The van der Waals surface area contributed by atoms with Crippen LogP contribution in [0.2, 0.25) is 0 Å². The van der Waals surface area contributed by atoms with E-state index in [4.69, 9.17) is 0 Å². The molecule has 25 heavy (non-hydrogen) atoms. The first kappa shape index (κ1) is 18.7. The summed E-state index contributed by atoms with van der Waals surface area (Å²) in [6.07, 6.45) is 8.23. The molecule has 0 bridgehead atoms. The van der Waals surface area contributed by atoms with Crippen LogP contribution >= 0.6 is 0 Å². The van der Waals surface area contributed by atoms with Crippen molar-refractivity contribution in [3.8, 4) is 0 Å². The molecule has 0 aromatic rings. The summed E-state index contributed by atoms with van der Waals surface area (Å²) in [6.45, 7) is 7.85. The summed E-state index contributed by atoms with van der Waals surface area (Å²) in [5.74, 6) is 1.68. The number of hydrogen-bond acceptors (Lipinski definition) is 3. The van der Waals surface area contributed by atoms with Gasteiger partial charge in [0.25, 0.3) is 0 Å². The second kappa shape index (κ2) is 8.52. The molecule has 2 aliphatic heterocycles. The van der Waals surface area contributed by atoms with Crippen molar-refractivity contribution in [2.24, 2.45) is 11.8 Å². The number of rotatable bonds is 7. The molecule has 5 nitrogen and oxygen atoms in total. The van der Waals surface area contributed by atoms with Gasteiger partial charge in [-0.2, -0.15) is 0 Å². The molecule has 0 aromatic heterocycles. The zero-order valence-electron chi connectivity index (χ0n) is 16.0. The first-order chi connectivity index (χ1) is 12.0. The lowest BCUT2D eigenvalue weighted by Gasteiger charge is -2.40. The Labute approximate surface area is 152 Å². The van der Waals surface area contributed by atoms with Crippen LogP contribution in [-0.4, -0.2) is 59.9 Å². The van der Waals surface area contributed by atoms with E-state index in [0.29, 0.717) is 18.4 Å². The van der Waals surface area contributed by atoms with E-state index in [1.54, 1.807) is 0 Å². The van der Waals surface area contributed by atoms with Crippen LogP contribution < -0.4 is 5.32 Å². The molecule has 0 spiro atoms. The fourth-order valence-corrected chi connectivity index (χ4v) is 4.13. The average molecular weight is 350 g/mol. The Bertz CT molecular complexity index is 468. The standard InChI is InChI=1S/C20H35N3O2/c1-15(2)13-18(23-10-4-3-5-19(23)24)20(25)22-11-8-17(9-12-22)21-14-16-6-7-16/h15-18,21H,3-14H2,1-2H3. The third-order valence-corrected chi connectivity index (χ3v) is 5.91. The van der Waals surface area contributed by atoms with Gasteiger partial charge in [-0.1, -0.05) is 13.8 Å². The van der Waals surface area contributed by atoms with Crippen LogP contribution in [0.5, 0.6) is 0 Å². The maximum Gasteiger partial charge on any atom is 0.245 e. The molecule has 0 aromatic carbocycles. The fraction of sp³-hybridized carbons (Fsp3) is 0.900. The molecular weight excluding hydrogens is 314 g/mol. The number of likely N-dealkylation sites (tertiary alicyclic amines) is 2. The van der Waals surface area contributed by atoms with E-state index in [-0.39, 0.29) is 17.9 Å². The largest absolute Gasteiger partial charge is 0.341 e. The van der Waals surface area contributed by atoms with Gasteiger partial charge in [-0.05, 0) is 63.3 Å². The highest BCUT2D eigenvalue weighted by Gasteiger charge is 2.35. The predicted molar refractivity (Wildman–Crippen MR) is 99.1 cm³/mol. The minimum atomic E-state index is -0.247. The summed E-state index contributed by atoms with van der Waals surface area (Å²) in [6, 6.07) is 0.314. The Morgan fingerprint density at radius 1 is 1.12 bits per heavy atom. The Kier molecular flexibility index (Phi) is 6.37. The highest BCUT2D eigenvalue weighted by molar-refractivity contribution is 5.88. The average Bonchev–Trinajstić information content (AvgIpc) is 3.43. The van der Waals surface area contributed by atoms with Crippen molar-refractivity contribution in [3.05, 3.63) is 0 Å². The molecule has 2 heterocycles. The monoisotopic (exact) mass is 349 g/mol. The first-order valence-corrected chi connectivity index (χ1v) is 10.4. The molecule has 3 aliphatic rings. The summed E-state index contributed by atoms with van der Waals surface area (Å²) in [7, 11) is 0. The van der Waals surface area contributed by atoms with E-state index in [1.165, 1.54) is 12.8 Å². The zero-order chi connectivity index (χ0) is 17.8. The third-order valence-electron chi connectivity index (χ3n) is 5.91. The fourth-order valence-electron chi connectivity index (χ4n) is 4.13. The van der Waals surface area contributed by atoms with Crippen LogP contribution in [0, 0.1) is 11.8 Å². The molecular formula is C20H35N3O2. The van der Waals surface area contributed by atoms with Gasteiger partial charge in [0, 0.05) is 32.1 Å². The maximum atomic E-state index is 13.2. The minimum absolute atomic E-state index is 0.172. The smallest absolute Gasteiger partial charge is 0.245 e. The highest BCUT2D eigenvalue weighted by atomic mass is 16.2. The van der Waals surface area contributed by atoms with Gasteiger partial charge < -0.3 is 15.1 Å². The van der Waals surface area contributed by atoms with Crippen LogP contribution in [0.1, 0.15) is 65.2 Å². The second-order valence-corrected chi connectivity index (χ2v) is 8.64. The van der Waals surface area contributed by atoms with Crippen molar-refractivity contribution < 1.29 is 9.59 Å². The van der Waals surface area contributed by atoms with Gasteiger partial charge in [0.05, 0.1) is 0 Å². The summed E-state index contributed by atoms with van der Waals surface area (Å²) in [5.41, 5.74) is 0. The van der Waals surface area contributed by atoms with E-state index in [1.807, 2.05) is 9.80 Å². The van der Waals surface area contributed by atoms with Gasteiger partial charge in [0.2, 0.25) is 11.8 Å². The van der Waals surface area contributed by atoms with Crippen molar-refractivity contribution in [3.63, 3.8) is 0 Å². The molecule has 1 aliphatic carbocycles. The van der Waals surface area contributed by atoms with E-state index in [9.17, 15) is 9.59 Å². The lowest BCUT2D eigenvalue weighted by atomic mass is 9.96. The third kappa shape index (κ3) is 5.19. The van der Waals surface area contributed by atoms with Gasteiger partial charge >= 0.3 is 0 Å². The van der Waals surface area contributed by atoms with Crippen molar-refractivity contribution in [1.29, 1.82) is 0 Å². The predicted octanol–water partition coefficient (Wildman–Crippen LogP) is 2.40. The first-order valence-electron chi connectivity index (χ1n) is 10.4. The Hall–Kier alpha value is -1.10. The van der Waals surface area contributed by atoms with Crippen molar-refractivity contribution in [1.82, 2.24) is 15.1 Å². The van der Waals surface area contributed by atoms with E-state index < -0.39 is 0 Å². The lowest BCUT2D eigenvalue weighted by Crippen LogP contribution is -2.55. The van der Waals surface area contributed by atoms with Crippen LogP contribution in [0.4, 0.5) is 0 Å². The van der Waals surface area contributed by atoms with Gasteiger partial charge in [-0.15, -0.1) is 0 Å². The summed E-state index contributed by atoms with van der Waals surface area (Å²) < 4.78 is 0. The number of nitrogens with zero attached hydrogens (tertiary/aromatic N) is 2. The highest BCUT2D eigenvalue weighted by Crippen LogP contribution is 2.28. The molecule has 3 rings (SSSR count). The van der Waals surface area contributed by atoms with E-state index >= 15 is 0 Å². The molecule has 2 amide bonds. The molecule has 3 fully saturated rings. The van der Waals surface area contributed by atoms with Crippen LogP contribution in [0.25, 0.3) is 0 Å². The van der Waals surface area contributed by atoms with Gasteiger partial charge in [-0.3, -0.25) is 9.59 Å². The molecule has 1 saturated carbocycles.